The molecule has 1 aromatic heterocycles. The smallest absolute Gasteiger partial charge is 0.351 e. The zero-order chi connectivity index (χ0) is 17.9. The predicted molar refractivity (Wildman–Crippen MR) is 78.3 cm³/mol. The van der Waals surface area contributed by atoms with Crippen LogP contribution in [-0.4, -0.2) is 40.3 Å². The van der Waals surface area contributed by atoms with E-state index in [1.807, 2.05) is 6.07 Å². The van der Waals surface area contributed by atoms with E-state index in [1.54, 1.807) is 0 Å². The Hall–Kier alpha value is -2.93. The summed E-state index contributed by atoms with van der Waals surface area (Å²) < 4.78 is 16.7. The maximum absolute atomic E-state index is 12.1. The van der Waals surface area contributed by atoms with Crippen LogP contribution >= 0.6 is 0 Å². The molecule has 0 aromatic carbocycles. The largest absolute Gasteiger partial charge is 0.463 e. The third-order valence-corrected chi connectivity index (χ3v) is 3.31. The Balaban J connectivity index is 2.31. The Morgan fingerprint density at radius 1 is 1.50 bits per heavy atom. The molecule has 0 radical (unpaired) electrons. The molecule has 1 aliphatic heterocycles. The summed E-state index contributed by atoms with van der Waals surface area (Å²) in [4.78, 5) is 37.8. The highest BCUT2D eigenvalue weighted by Crippen LogP contribution is 2.31. The highest BCUT2D eigenvalue weighted by molar-refractivity contribution is 5.66. The van der Waals surface area contributed by atoms with Gasteiger partial charge in [0.2, 0.25) is 0 Å². The first-order chi connectivity index (χ1) is 11.3. The van der Waals surface area contributed by atoms with Crippen molar-refractivity contribution in [2.75, 3.05) is 12.3 Å². The van der Waals surface area contributed by atoms with E-state index >= 15 is 0 Å². The van der Waals surface area contributed by atoms with Gasteiger partial charge in [0, 0.05) is 26.5 Å². The number of carbonyl (C=O) groups excluding carboxylic acids is 2. The molecule has 0 saturated carbocycles. The quantitative estimate of drug-likeness (QED) is 0.717. The topological polar surface area (TPSA) is 147 Å². The first-order valence-electron chi connectivity index (χ1n) is 7.06. The molecule has 1 aliphatic rings. The standard InChI is InChI=1S/C14H16N4O6/c1-7(19)22-6-10-3-11(23-8(2)20)13(24-10)18-5-9(4-15)12(16)17-14(18)21/h5,10-11,13H,3,6H2,1-2H3,(H2,16,17,21)/t10-,11+,13+/m0/s1. The maximum atomic E-state index is 12.1. The van der Waals surface area contributed by atoms with E-state index in [2.05, 4.69) is 4.98 Å². The maximum Gasteiger partial charge on any atom is 0.351 e. The number of aromatic nitrogens is 2. The third kappa shape index (κ3) is 3.88. The highest BCUT2D eigenvalue weighted by Gasteiger charge is 2.40. The van der Waals surface area contributed by atoms with Gasteiger partial charge in [-0.15, -0.1) is 0 Å². The van der Waals surface area contributed by atoms with Crippen LogP contribution in [0.2, 0.25) is 0 Å². The van der Waals surface area contributed by atoms with E-state index in [4.69, 9.17) is 25.2 Å². The summed E-state index contributed by atoms with van der Waals surface area (Å²) in [5.41, 5.74) is 4.73. The summed E-state index contributed by atoms with van der Waals surface area (Å²) >= 11 is 0. The van der Waals surface area contributed by atoms with Crippen LogP contribution in [0.5, 0.6) is 0 Å². The minimum absolute atomic E-state index is 0.0109. The average Bonchev–Trinajstić information content (AvgIpc) is 2.87. The lowest BCUT2D eigenvalue weighted by atomic mass is 10.2. The molecule has 0 amide bonds. The summed E-state index contributed by atoms with van der Waals surface area (Å²) in [6.07, 6.45) is -0.950. The Bertz CT molecular complexity index is 753. The summed E-state index contributed by atoms with van der Waals surface area (Å²) in [6, 6.07) is 1.81. The van der Waals surface area contributed by atoms with Gasteiger partial charge in [-0.25, -0.2) is 4.79 Å². The van der Waals surface area contributed by atoms with Crippen LogP contribution in [0.25, 0.3) is 0 Å². The van der Waals surface area contributed by atoms with Gasteiger partial charge in [0.05, 0.1) is 6.10 Å². The molecule has 10 nitrogen and oxygen atoms in total. The SMILES string of the molecule is CC(=O)OC[C@@H]1C[C@@H](OC(C)=O)[C@H](n2cc(C#N)c(N)nc2=O)O1. The normalized spacial score (nSPS) is 22.6. The second-order valence-corrected chi connectivity index (χ2v) is 5.18. The zero-order valence-corrected chi connectivity index (χ0v) is 13.1. The van der Waals surface area contributed by atoms with Gasteiger partial charge >= 0.3 is 17.6 Å². The molecule has 24 heavy (non-hydrogen) atoms. The molecule has 2 rings (SSSR count). The van der Waals surface area contributed by atoms with Crippen molar-refractivity contribution < 1.29 is 23.8 Å². The van der Waals surface area contributed by atoms with Gasteiger partial charge in [-0.2, -0.15) is 10.2 Å². The molecule has 1 aromatic rings. The molecule has 0 aliphatic carbocycles. The predicted octanol–water partition coefficient (Wildman–Crippen LogP) is -0.521. The fraction of sp³-hybridized carbons (Fsp3) is 0.500. The number of nitriles is 1. The lowest BCUT2D eigenvalue weighted by Gasteiger charge is -2.20. The molecule has 2 N–H and O–H groups in total. The van der Waals surface area contributed by atoms with E-state index in [-0.39, 0.29) is 24.4 Å². The van der Waals surface area contributed by atoms with Crippen molar-refractivity contribution in [1.82, 2.24) is 9.55 Å². The molecule has 2 heterocycles. The van der Waals surface area contributed by atoms with Crippen molar-refractivity contribution in [1.29, 1.82) is 5.26 Å². The van der Waals surface area contributed by atoms with Gasteiger partial charge in [0.25, 0.3) is 0 Å². The van der Waals surface area contributed by atoms with E-state index in [0.29, 0.717) is 0 Å². The molecule has 10 heteroatoms. The van der Waals surface area contributed by atoms with Crippen LogP contribution in [0.4, 0.5) is 5.82 Å². The minimum atomic E-state index is -0.998. The van der Waals surface area contributed by atoms with Gasteiger partial charge < -0.3 is 19.9 Å². The summed E-state index contributed by atoms with van der Waals surface area (Å²) in [7, 11) is 0. The van der Waals surface area contributed by atoms with Crippen LogP contribution in [0.3, 0.4) is 0 Å². The van der Waals surface area contributed by atoms with E-state index in [0.717, 1.165) is 4.57 Å². The van der Waals surface area contributed by atoms with E-state index < -0.39 is 36.1 Å². The molecule has 0 unspecified atom stereocenters. The second-order valence-electron chi connectivity index (χ2n) is 5.18. The molecule has 128 valence electrons. The lowest BCUT2D eigenvalue weighted by molar-refractivity contribution is -0.153. The minimum Gasteiger partial charge on any atom is -0.463 e. The number of nitrogens with zero attached hydrogens (tertiary/aromatic N) is 3. The third-order valence-electron chi connectivity index (χ3n) is 3.31. The van der Waals surface area contributed by atoms with Gasteiger partial charge in [0.1, 0.15) is 30.2 Å². The van der Waals surface area contributed by atoms with Gasteiger partial charge in [-0.1, -0.05) is 0 Å². The van der Waals surface area contributed by atoms with Crippen molar-refractivity contribution >= 4 is 17.8 Å². The Morgan fingerprint density at radius 3 is 2.79 bits per heavy atom. The number of carbonyl (C=O) groups is 2. The molecule has 1 saturated heterocycles. The number of anilines is 1. The summed E-state index contributed by atoms with van der Waals surface area (Å²) in [5, 5.41) is 9.02. The van der Waals surface area contributed by atoms with Crippen molar-refractivity contribution in [2.45, 2.75) is 38.7 Å². The molecular formula is C14H16N4O6. The lowest BCUT2D eigenvalue weighted by Crippen LogP contribution is -2.34. The van der Waals surface area contributed by atoms with Gasteiger partial charge in [-0.05, 0) is 0 Å². The van der Waals surface area contributed by atoms with Crippen molar-refractivity contribution in [3.8, 4) is 6.07 Å². The van der Waals surface area contributed by atoms with Crippen molar-refractivity contribution in [3.63, 3.8) is 0 Å². The number of nitrogens with two attached hydrogens (primary N) is 1. The fourth-order valence-corrected chi connectivity index (χ4v) is 2.35. The first kappa shape index (κ1) is 17.4. The molecule has 0 bridgehead atoms. The van der Waals surface area contributed by atoms with Crippen LogP contribution < -0.4 is 11.4 Å². The van der Waals surface area contributed by atoms with Crippen LogP contribution in [0.15, 0.2) is 11.0 Å². The number of esters is 2. The monoisotopic (exact) mass is 336 g/mol. The molecular weight excluding hydrogens is 320 g/mol. The highest BCUT2D eigenvalue weighted by atomic mass is 16.6. The number of ether oxygens (including phenoxy) is 3. The Morgan fingerprint density at radius 2 is 2.21 bits per heavy atom. The number of hydrogen-bond donors (Lipinski definition) is 1. The van der Waals surface area contributed by atoms with Crippen LogP contribution in [0, 0.1) is 11.3 Å². The Kier molecular flexibility index (Phi) is 5.15. The average molecular weight is 336 g/mol. The number of rotatable bonds is 4. The van der Waals surface area contributed by atoms with Crippen LogP contribution in [-0.2, 0) is 23.8 Å². The van der Waals surface area contributed by atoms with Gasteiger partial charge in [0.15, 0.2) is 6.23 Å². The van der Waals surface area contributed by atoms with E-state index in [1.165, 1.54) is 20.0 Å². The molecule has 1 fully saturated rings. The summed E-state index contributed by atoms with van der Waals surface area (Å²) in [6.45, 7) is 2.43. The molecule has 0 spiro atoms. The second kappa shape index (κ2) is 7.10. The first-order valence-corrected chi connectivity index (χ1v) is 7.06. The van der Waals surface area contributed by atoms with Crippen molar-refractivity contribution in [3.05, 3.63) is 22.2 Å². The number of nitrogen functional groups attached to an aromatic ring is 1. The Labute approximate surface area is 136 Å². The van der Waals surface area contributed by atoms with Gasteiger partial charge in [-0.3, -0.25) is 14.2 Å². The zero-order valence-electron chi connectivity index (χ0n) is 13.1. The van der Waals surface area contributed by atoms with E-state index in [9.17, 15) is 14.4 Å². The fourth-order valence-electron chi connectivity index (χ4n) is 2.35. The van der Waals surface area contributed by atoms with Crippen LogP contribution in [0.1, 0.15) is 32.1 Å². The molecule has 3 atom stereocenters. The van der Waals surface area contributed by atoms with Crippen molar-refractivity contribution in [2.24, 2.45) is 0 Å². The number of hydrogen-bond acceptors (Lipinski definition) is 9. The summed E-state index contributed by atoms with van der Waals surface area (Å²) in [5.74, 6) is -1.24.